The Labute approximate surface area is 183 Å². The first kappa shape index (κ1) is 22.4. The highest BCUT2D eigenvalue weighted by molar-refractivity contribution is 5.95. The van der Waals surface area contributed by atoms with Gasteiger partial charge in [0.15, 0.2) is 0 Å². The van der Waals surface area contributed by atoms with Gasteiger partial charge in [-0.15, -0.1) is 0 Å². The van der Waals surface area contributed by atoms with Crippen LogP contribution < -0.4 is 15.0 Å². The number of hydrogen-bond donors (Lipinski definition) is 1. The molecule has 0 saturated heterocycles. The van der Waals surface area contributed by atoms with Gasteiger partial charge in [-0.3, -0.25) is 9.59 Å². The monoisotopic (exact) mass is 419 g/mol. The van der Waals surface area contributed by atoms with Crippen LogP contribution in [0.5, 0.6) is 5.75 Å². The molecule has 1 fully saturated rings. The Morgan fingerprint density at radius 3 is 2.42 bits per heavy atom. The number of anilines is 1. The molecule has 2 aromatic rings. The zero-order chi connectivity index (χ0) is 21.9. The molecule has 0 aromatic heterocycles. The number of hydrogen-bond acceptors (Lipinski definition) is 4. The van der Waals surface area contributed by atoms with Crippen molar-refractivity contribution in [2.45, 2.75) is 57.6 Å². The van der Waals surface area contributed by atoms with E-state index in [9.17, 15) is 9.59 Å². The fraction of sp³-hybridized carbons (Fsp3) is 0.400. The number of ether oxygens (including phenoxy) is 1. The normalized spacial score (nSPS) is 13.4. The van der Waals surface area contributed by atoms with Crippen LogP contribution in [-0.2, 0) is 16.1 Å². The summed E-state index contributed by atoms with van der Waals surface area (Å²) in [7, 11) is 0. The van der Waals surface area contributed by atoms with Crippen LogP contribution in [0.25, 0.3) is 0 Å². The number of carbonyl (C=O) groups excluding carboxylic acids is 2. The maximum atomic E-state index is 12.6. The Kier molecular flexibility index (Phi) is 8.48. The fourth-order valence-corrected chi connectivity index (χ4v) is 3.70. The Hall–Kier alpha value is -3.33. The van der Waals surface area contributed by atoms with E-state index in [-0.39, 0.29) is 31.1 Å². The van der Waals surface area contributed by atoms with Crippen molar-refractivity contribution in [3.8, 4) is 11.8 Å². The van der Waals surface area contributed by atoms with Crippen LogP contribution in [0.2, 0.25) is 0 Å². The maximum Gasteiger partial charge on any atom is 0.227 e. The lowest BCUT2D eigenvalue weighted by Gasteiger charge is -2.21. The number of para-hydroxylation sites is 1. The quantitative estimate of drug-likeness (QED) is 0.621. The van der Waals surface area contributed by atoms with Crippen LogP contribution in [0.15, 0.2) is 54.6 Å². The van der Waals surface area contributed by atoms with Crippen LogP contribution in [0, 0.1) is 11.3 Å². The molecule has 1 aliphatic carbocycles. The molecule has 0 bridgehead atoms. The van der Waals surface area contributed by atoms with Crippen LogP contribution in [-0.4, -0.2) is 24.5 Å². The molecule has 1 N–H and O–H groups in total. The Balaban J connectivity index is 1.43. The van der Waals surface area contributed by atoms with E-state index in [1.165, 1.54) is 12.8 Å². The summed E-state index contributed by atoms with van der Waals surface area (Å²) in [5.41, 5.74) is 1.72. The minimum absolute atomic E-state index is 0.0975. The van der Waals surface area contributed by atoms with Gasteiger partial charge in [-0.1, -0.05) is 30.3 Å². The minimum Gasteiger partial charge on any atom is -0.490 e. The molecule has 31 heavy (non-hydrogen) atoms. The van der Waals surface area contributed by atoms with Crippen molar-refractivity contribution in [1.82, 2.24) is 5.32 Å². The zero-order valence-corrected chi connectivity index (χ0v) is 17.8. The van der Waals surface area contributed by atoms with Crippen molar-refractivity contribution in [3.05, 3.63) is 60.2 Å². The summed E-state index contributed by atoms with van der Waals surface area (Å²) in [4.78, 5) is 26.4. The van der Waals surface area contributed by atoms with Crippen molar-refractivity contribution in [2.75, 3.05) is 11.4 Å². The molecule has 1 saturated carbocycles. The standard InChI is InChI=1S/C25H29N3O3/c26-17-6-18-28(21-7-2-1-3-8-21)25(30)16-15-24(29)27-19-20-11-13-23(14-12-20)31-22-9-4-5-10-22/h1-3,7-8,11-14,22H,4-6,9-10,15-16,18-19H2,(H,27,29). The van der Waals surface area contributed by atoms with Crippen molar-refractivity contribution in [3.63, 3.8) is 0 Å². The second kappa shape index (κ2) is 11.8. The highest BCUT2D eigenvalue weighted by Crippen LogP contribution is 2.24. The first-order valence-corrected chi connectivity index (χ1v) is 10.9. The number of rotatable bonds is 10. The molecule has 162 valence electrons. The lowest BCUT2D eigenvalue weighted by Crippen LogP contribution is -2.33. The summed E-state index contributed by atoms with van der Waals surface area (Å²) in [6, 6.07) is 19.1. The number of nitrogens with zero attached hydrogens (tertiary/aromatic N) is 2. The summed E-state index contributed by atoms with van der Waals surface area (Å²) in [6.45, 7) is 0.726. The molecule has 6 heteroatoms. The lowest BCUT2D eigenvalue weighted by atomic mass is 10.2. The molecule has 3 rings (SSSR count). The first-order chi connectivity index (χ1) is 15.2. The largest absolute Gasteiger partial charge is 0.490 e. The third-order valence-corrected chi connectivity index (χ3v) is 5.40. The molecule has 0 unspecified atom stereocenters. The van der Waals surface area contributed by atoms with Gasteiger partial charge in [0.25, 0.3) is 0 Å². The van der Waals surface area contributed by atoms with Crippen molar-refractivity contribution >= 4 is 17.5 Å². The third-order valence-electron chi connectivity index (χ3n) is 5.40. The Morgan fingerprint density at radius 1 is 1.03 bits per heavy atom. The zero-order valence-electron chi connectivity index (χ0n) is 17.8. The van der Waals surface area contributed by atoms with E-state index < -0.39 is 0 Å². The highest BCUT2D eigenvalue weighted by Gasteiger charge is 2.17. The predicted molar refractivity (Wildman–Crippen MR) is 119 cm³/mol. The summed E-state index contributed by atoms with van der Waals surface area (Å²) in [5.74, 6) is 0.531. The number of nitrogens with one attached hydrogen (secondary N) is 1. The van der Waals surface area contributed by atoms with Gasteiger partial charge in [0.2, 0.25) is 11.8 Å². The molecule has 2 aromatic carbocycles. The summed E-state index contributed by atoms with van der Waals surface area (Å²) < 4.78 is 5.96. The lowest BCUT2D eigenvalue weighted by molar-refractivity contribution is -0.125. The van der Waals surface area contributed by atoms with Gasteiger partial charge >= 0.3 is 0 Å². The minimum atomic E-state index is -0.173. The Bertz CT molecular complexity index is 884. The SMILES string of the molecule is N#CCCN(C(=O)CCC(=O)NCc1ccc(OC2CCCC2)cc1)c1ccccc1. The van der Waals surface area contributed by atoms with Gasteiger partial charge in [0.1, 0.15) is 5.75 Å². The van der Waals surface area contributed by atoms with E-state index in [4.69, 9.17) is 10.00 Å². The molecule has 2 amide bonds. The van der Waals surface area contributed by atoms with E-state index >= 15 is 0 Å². The van der Waals surface area contributed by atoms with E-state index in [0.717, 1.165) is 29.8 Å². The average Bonchev–Trinajstić information content (AvgIpc) is 3.31. The molecule has 1 aliphatic rings. The van der Waals surface area contributed by atoms with Crippen molar-refractivity contribution < 1.29 is 14.3 Å². The van der Waals surface area contributed by atoms with Gasteiger partial charge in [-0.2, -0.15) is 5.26 Å². The predicted octanol–water partition coefficient (Wildman–Crippen LogP) is 4.35. The summed E-state index contributed by atoms with van der Waals surface area (Å²) in [5, 5.41) is 11.7. The van der Waals surface area contributed by atoms with Gasteiger partial charge in [0, 0.05) is 31.6 Å². The van der Waals surface area contributed by atoms with Crippen LogP contribution >= 0.6 is 0 Å². The molecule has 6 nitrogen and oxygen atoms in total. The summed E-state index contributed by atoms with van der Waals surface area (Å²) in [6.07, 6.45) is 5.48. The smallest absolute Gasteiger partial charge is 0.227 e. The molecule has 0 radical (unpaired) electrons. The van der Waals surface area contributed by atoms with Gasteiger partial charge in [-0.25, -0.2) is 0 Å². The number of carbonyl (C=O) groups is 2. The van der Waals surface area contributed by atoms with Crippen LogP contribution in [0.4, 0.5) is 5.69 Å². The topological polar surface area (TPSA) is 82.4 Å². The van der Waals surface area contributed by atoms with E-state index in [1.54, 1.807) is 4.90 Å². The molecule has 0 heterocycles. The third kappa shape index (κ3) is 7.14. The average molecular weight is 420 g/mol. The molecule has 0 atom stereocenters. The van der Waals surface area contributed by atoms with E-state index in [2.05, 4.69) is 11.4 Å². The summed E-state index contributed by atoms with van der Waals surface area (Å²) >= 11 is 0. The van der Waals surface area contributed by atoms with E-state index in [0.29, 0.717) is 19.2 Å². The van der Waals surface area contributed by atoms with Crippen molar-refractivity contribution in [1.29, 1.82) is 5.26 Å². The van der Waals surface area contributed by atoms with Gasteiger partial charge < -0.3 is 15.0 Å². The number of nitriles is 1. The highest BCUT2D eigenvalue weighted by atomic mass is 16.5. The number of amides is 2. The maximum absolute atomic E-state index is 12.6. The molecule has 0 spiro atoms. The van der Waals surface area contributed by atoms with Gasteiger partial charge in [-0.05, 0) is 55.5 Å². The molecule has 0 aliphatic heterocycles. The fourth-order valence-electron chi connectivity index (χ4n) is 3.70. The second-order valence-electron chi connectivity index (χ2n) is 7.73. The first-order valence-electron chi connectivity index (χ1n) is 10.9. The van der Waals surface area contributed by atoms with E-state index in [1.807, 2.05) is 54.6 Å². The van der Waals surface area contributed by atoms with Crippen LogP contribution in [0.1, 0.15) is 50.5 Å². The van der Waals surface area contributed by atoms with Gasteiger partial charge in [0.05, 0.1) is 18.6 Å². The Morgan fingerprint density at radius 2 is 1.74 bits per heavy atom. The molecular formula is C25H29N3O3. The van der Waals surface area contributed by atoms with Crippen LogP contribution in [0.3, 0.4) is 0 Å². The number of benzene rings is 2. The van der Waals surface area contributed by atoms with Crippen molar-refractivity contribution in [2.24, 2.45) is 0 Å². The second-order valence-corrected chi connectivity index (χ2v) is 7.73. The molecular weight excluding hydrogens is 390 g/mol.